The normalized spacial score (nSPS) is 24.1. The summed E-state index contributed by atoms with van der Waals surface area (Å²) < 4.78 is 8.45. The molecule has 4 heterocycles. The lowest BCUT2D eigenvalue weighted by Crippen LogP contribution is -2.24. The summed E-state index contributed by atoms with van der Waals surface area (Å²) in [7, 11) is 0. The number of aliphatic hydroxyl groups is 4. The molecule has 1 aliphatic heterocycles. The SMILES string of the molecule is CCCCC[C@H](O)[C@@H](O)c1cnc2[nH]c3c(ncn3[C@H]3C[C@H](O)[C@@H](CO)O3)c(=O)n12. The smallest absolute Gasteiger partial charge is 0.287 e. The van der Waals surface area contributed by atoms with Crippen LogP contribution in [-0.2, 0) is 4.74 Å². The second kappa shape index (κ2) is 8.44. The molecular weight excluding hydrogens is 394 g/mol. The highest BCUT2D eigenvalue weighted by Crippen LogP contribution is 2.30. The Kier molecular flexibility index (Phi) is 5.89. The summed E-state index contributed by atoms with van der Waals surface area (Å²) in [6, 6.07) is 0. The van der Waals surface area contributed by atoms with Gasteiger partial charge >= 0.3 is 0 Å². The molecule has 0 bridgehead atoms. The van der Waals surface area contributed by atoms with Crippen molar-refractivity contribution in [2.45, 2.75) is 69.7 Å². The molecule has 0 unspecified atom stereocenters. The number of H-pyrrole nitrogens is 1. The maximum absolute atomic E-state index is 13.1. The zero-order valence-corrected chi connectivity index (χ0v) is 16.7. The molecule has 0 amide bonds. The summed E-state index contributed by atoms with van der Waals surface area (Å²) in [6.45, 7) is 1.74. The van der Waals surface area contributed by atoms with Gasteiger partial charge in [0.2, 0.25) is 5.78 Å². The summed E-state index contributed by atoms with van der Waals surface area (Å²) in [5, 5.41) is 40.2. The van der Waals surface area contributed by atoms with E-state index in [2.05, 4.69) is 21.9 Å². The van der Waals surface area contributed by atoms with Gasteiger partial charge in [0.05, 0.1) is 37.0 Å². The summed E-state index contributed by atoms with van der Waals surface area (Å²) >= 11 is 0. The maximum Gasteiger partial charge on any atom is 0.287 e. The summed E-state index contributed by atoms with van der Waals surface area (Å²) in [5.41, 5.74) is 0.181. The minimum Gasteiger partial charge on any atom is -0.394 e. The first kappa shape index (κ1) is 20.9. The largest absolute Gasteiger partial charge is 0.394 e. The van der Waals surface area contributed by atoms with Gasteiger partial charge in [-0.05, 0) is 6.42 Å². The number of hydrogen-bond donors (Lipinski definition) is 5. The van der Waals surface area contributed by atoms with E-state index in [9.17, 15) is 25.2 Å². The molecule has 0 aliphatic carbocycles. The first-order valence-electron chi connectivity index (χ1n) is 10.2. The quantitative estimate of drug-likeness (QED) is 0.318. The molecule has 4 rings (SSSR count). The van der Waals surface area contributed by atoms with Gasteiger partial charge in [-0.25, -0.2) is 14.4 Å². The average Bonchev–Trinajstić information content (AvgIpc) is 3.44. The molecule has 0 saturated carbocycles. The number of aromatic nitrogens is 5. The number of nitrogens with zero attached hydrogens (tertiary/aromatic N) is 4. The standard InChI is InChI=1S/C19H27N5O6/c1-2-3-4-5-11(26)16(28)10-7-20-19-22-17-15(18(29)24(10)19)21-9-23(17)14-6-12(27)13(8-25)30-14/h7,9,11-14,16,25-28H,2-6,8H2,1H3,(H,20,22)/t11-,12-,13+,14+,16-/m0/s1. The van der Waals surface area contributed by atoms with E-state index >= 15 is 0 Å². The lowest BCUT2D eigenvalue weighted by atomic mass is 10.0. The fourth-order valence-electron chi connectivity index (χ4n) is 3.96. The average molecular weight is 421 g/mol. The first-order chi connectivity index (χ1) is 14.5. The van der Waals surface area contributed by atoms with Crippen LogP contribution in [0.2, 0.25) is 0 Å². The fraction of sp³-hybridized carbons (Fsp3) is 0.632. The van der Waals surface area contributed by atoms with Gasteiger partial charge in [-0.2, -0.15) is 0 Å². The summed E-state index contributed by atoms with van der Waals surface area (Å²) in [5.74, 6) is 0.196. The third-order valence-corrected chi connectivity index (χ3v) is 5.68. The van der Waals surface area contributed by atoms with E-state index in [4.69, 9.17) is 4.74 Å². The van der Waals surface area contributed by atoms with Gasteiger partial charge in [0, 0.05) is 6.42 Å². The molecule has 0 aromatic carbocycles. The van der Waals surface area contributed by atoms with Crippen molar-refractivity contribution in [1.82, 2.24) is 23.9 Å². The van der Waals surface area contributed by atoms with Gasteiger partial charge in [0.15, 0.2) is 5.52 Å². The summed E-state index contributed by atoms with van der Waals surface area (Å²) in [4.78, 5) is 24.5. The van der Waals surface area contributed by atoms with Gasteiger partial charge in [0.1, 0.15) is 24.1 Å². The molecular formula is C19H27N5O6. The van der Waals surface area contributed by atoms with Crippen molar-refractivity contribution in [2.24, 2.45) is 0 Å². The second-order valence-corrected chi connectivity index (χ2v) is 7.74. The fourth-order valence-corrected chi connectivity index (χ4v) is 3.96. The van der Waals surface area contributed by atoms with Crippen LogP contribution in [0.25, 0.3) is 16.9 Å². The van der Waals surface area contributed by atoms with Gasteiger partial charge in [-0.15, -0.1) is 0 Å². The third-order valence-electron chi connectivity index (χ3n) is 5.68. The van der Waals surface area contributed by atoms with Gasteiger partial charge in [0.25, 0.3) is 5.56 Å². The highest BCUT2D eigenvalue weighted by Gasteiger charge is 2.35. The number of aliphatic hydroxyl groups excluding tert-OH is 4. The lowest BCUT2D eigenvalue weighted by Gasteiger charge is -2.17. The predicted octanol–water partition coefficient (Wildman–Crippen LogP) is -0.0124. The van der Waals surface area contributed by atoms with E-state index in [1.807, 2.05) is 0 Å². The van der Waals surface area contributed by atoms with Crippen LogP contribution in [0.3, 0.4) is 0 Å². The van der Waals surface area contributed by atoms with Crippen molar-refractivity contribution in [3.63, 3.8) is 0 Å². The zero-order chi connectivity index (χ0) is 21.4. The Morgan fingerprint density at radius 3 is 2.83 bits per heavy atom. The van der Waals surface area contributed by atoms with Gasteiger partial charge in [-0.3, -0.25) is 9.36 Å². The van der Waals surface area contributed by atoms with Gasteiger partial charge < -0.3 is 30.1 Å². The molecule has 164 valence electrons. The van der Waals surface area contributed by atoms with Crippen LogP contribution in [0.5, 0.6) is 0 Å². The molecule has 3 aromatic rings. The number of rotatable bonds is 8. The summed E-state index contributed by atoms with van der Waals surface area (Å²) in [6.07, 6.45) is 1.79. The molecule has 30 heavy (non-hydrogen) atoms. The molecule has 1 saturated heterocycles. The Bertz CT molecular complexity index is 1070. The Balaban J connectivity index is 1.69. The topological polar surface area (TPSA) is 158 Å². The molecule has 3 aromatic heterocycles. The monoisotopic (exact) mass is 421 g/mol. The minimum absolute atomic E-state index is 0.111. The zero-order valence-electron chi connectivity index (χ0n) is 16.7. The maximum atomic E-state index is 13.1. The van der Waals surface area contributed by atoms with Crippen molar-refractivity contribution in [3.8, 4) is 0 Å². The molecule has 5 atom stereocenters. The van der Waals surface area contributed by atoms with Crippen LogP contribution in [0.1, 0.15) is 57.1 Å². The molecule has 1 fully saturated rings. The van der Waals surface area contributed by atoms with E-state index < -0.39 is 36.2 Å². The third kappa shape index (κ3) is 3.52. The number of hydrogen-bond acceptors (Lipinski definition) is 8. The Morgan fingerprint density at radius 2 is 2.13 bits per heavy atom. The number of aromatic amines is 1. The Hall–Kier alpha value is -2.31. The van der Waals surface area contributed by atoms with Crippen LogP contribution >= 0.6 is 0 Å². The number of fused-ring (bicyclic) bond motifs is 2. The molecule has 0 spiro atoms. The Morgan fingerprint density at radius 1 is 1.33 bits per heavy atom. The predicted molar refractivity (Wildman–Crippen MR) is 106 cm³/mol. The van der Waals surface area contributed by atoms with Crippen LogP contribution in [0.15, 0.2) is 17.3 Å². The second-order valence-electron chi connectivity index (χ2n) is 7.74. The number of ether oxygens (including phenoxy) is 1. The van der Waals surface area contributed by atoms with Crippen LogP contribution in [0.4, 0.5) is 0 Å². The molecule has 0 radical (unpaired) electrons. The van der Waals surface area contributed by atoms with Crippen LogP contribution in [-0.4, -0.2) is 69.3 Å². The molecule has 5 N–H and O–H groups in total. The van der Waals surface area contributed by atoms with Crippen LogP contribution in [0, 0.1) is 0 Å². The van der Waals surface area contributed by atoms with E-state index in [0.29, 0.717) is 12.1 Å². The number of nitrogens with one attached hydrogen (secondary N) is 1. The minimum atomic E-state index is -1.25. The molecule has 11 nitrogen and oxygen atoms in total. The highest BCUT2D eigenvalue weighted by molar-refractivity contribution is 5.72. The lowest BCUT2D eigenvalue weighted by molar-refractivity contribution is -0.0432. The van der Waals surface area contributed by atoms with E-state index in [1.54, 1.807) is 4.57 Å². The van der Waals surface area contributed by atoms with Gasteiger partial charge in [-0.1, -0.05) is 26.2 Å². The highest BCUT2D eigenvalue weighted by atomic mass is 16.5. The van der Waals surface area contributed by atoms with Crippen molar-refractivity contribution in [1.29, 1.82) is 0 Å². The Labute approximate surface area is 171 Å². The molecule has 1 aliphatic rings. The first-order valence-corrected chi connectivity index (χ1v) is 10.2. The van der Waals surface area contributed by atoms with Crippen LogP contribution < -0.4 is 5.56 Å². The van der Waals surface area contributed by atoms with Crippen molar-refractivity contribution >= 4 is 16.9 Å². The number of unbranched alkanes of at least 4 members (excludes halogenated alkanes) is 2. The van der Waals surface area contributed by atoms with Crippen molar-refractivity contribution < 1.29 is 25.2 Å². The molecule has 11 heteroatoms. The van der Waals surface area contributed by atoms with Crippen molar-refractivity contribution in [3.05, 3.63) is 28.6 Å². The van der Waals surface area contributed by atoms with Crippen molar-refractivity contribution in [2.75, 3.05) is 6.61 Å². The number of imidazole rings is 2. The van der Waals surface area contributed by atoms with E-state index in [0.717, 1.165) is 19.3 Å². The van der Waals surface area contributed by atoms with E-state index in [1.165, 1.54) is 16.9 Å². The van der Waals surface area contributed by atoms with E-state index in [-0.39, 0.29) is 30.0 Å².